The summed E-state index contributed by atoms with van der Waals surface area (Å²) >= 11 is 0. The van der Waals surface area contributed by atoms with E-state index in [0.717, 1.165) is 30.3 Å². The van der Waals surface area contributed by atoms with Crippen molar-refractivity contribution >= 4 is 17.5 Å². The summed E-state index contributed by atoms with van der Waals surface area (Å²) in [6.45, 7) is 6.60. The fraction of sp³-hybridized carbons (Fsp3) is 0.421. The maximum atomic E-state index is 12.8. The Hall–Kier alpha value is -2.43. The fourth-order valence-electron chi connectivity index (χ4n) is 3.08. The summed E-state index contributed by atoms with van der Waals surface area (Å²) in [5.74, 6) is 0.665. The summed E-state index contributed by atoms with van der Waals surface area (Å²) in [5, 5.41) is 0. The zero-order chi connectivity index (χ0) is 16.9. The molecular weight excluding hydrogens is 300 g/mol. The SMILES string of the molecule is CCN(C(=O)c1cnc(N2CCCCC2)nc1)c1cccc(C)c1. The Morgan fingerprint density at radius 2 is 1.88 bits per heavy atom. The van der Waals surface area contributed by atoms with Crippen LogP contribution in [0.1, 0.15) is 42.1 Å². The predicted molar refractivity (Wildman–Crippen MR) is 96.6 cm³/mol. The first kappa shape index (κ1) is 16.4. The number of aromatic nitrogens is 2. The normalized spacial score (nSPS) is 14.5. The van der Waals surface area contributed by atoms with Crippen LogP contribution < -0.4 is 9.80 Å². The first-order valence-electron chi connectivity index (χ1n) is 8.64. The Morgan fingerprint density at radius 1 is 1.17 bits per heavy atom. The van der Waals surface area contributed by atoms with Crippen LogP contribution in [-0.2, 0) is 0 Å². The average Bonchev–Trinajstić information content (AvgIpc) is 2.63. The van der Waals surface area contributed by atoms with Gasteiger partial charge in [-0.1, -0.05) is 12.1 Å². The van der Waals surface area contributed by atoms with Crippen molar-refractivity contribution in [3.8, 4) is 0 Å². The molecule has 3 rings (SSSR count). The van der Waals surface area contributed by atoms with Gasteiger partial charge in [0.2, 0.25) is 5.95 Å². The molecule has 1 aromatic heterocycles. The van der Waals surface area contributed by atoms with Crippen molar-refractivity contribution in [1.82, 2.24) is 9.97 Å². The average molecular weight is 324 g/mol. The predicted octanol–water partition coefficient (Wildman–Crippen LogP) is 3.44. The molecule has 126 valence electrons. The van der Waals surface area contributed by atoms with Crippen LogP contribution in [-0.4, -0.2) is 35.5 Å². The molecule has 0 saturated carbocycles. The minimum absolute atomic E-state index is 0.0618. The summed E-state index contributed by atoms with van der Waals surface area (Å²) < 4.78 is 0. The van der Waals surface area contributed by atoms with Crippen LogP contribution in [0.4, 0.5) is 11.6 Å². The highest BCUT2D eigenvalue weighted by Gasteiger charge is 2.18. The second-order valence-corrected chi connectivity index (χ2v) is 6.21. The molecule has 0 N–H and O–H groups in total. The Bertz CT molecular complexity index is 693. The van der Waals surface area contributed by atoms with E-state index in [0.29, 0.717) is 12.1 Å². The van der Waals surface area contributed by atoms with Gasteiger partial charge in [0, 0.05) is 37.7 Å². The fourth-order valence-corrected chi connectivity index (χ4v) is 3.08. The van der Waals surface area contributed by atoms with Crippen molar-refractivity contribution in [3.05, 3.63) is 47.8 Å². The number of hydrogen-bond acceptors (Lipinski definition) is 4. The molecule has 1 amide bonds. The lowest BCUT2D eigenvalue weighted by Crippen LogP contribution is -2.32. The molecule has 5 heteroatoms. The number of piperidine rings is 1. The highest BCUT2D eigenvalue weighted by molar-refractivity contribution is 6.05. The maximum Gasteiger partial charge on any atom is 0.261 e. The molecule has 2 heterocycles. The molecule has 1 aliphatic heterocycles. The largest absolute Gasteiger partial charge is 0.341 e. The standard InChI is InChI=1S/C19H24N4O/c1-3-23(17-9-7-8-15(2)12-17)18(24)16-13-20-19(21-14-16)22-10-5-4-6-11-22/h7-9,12-14H,3-6,10-11H2,1-2H3. The number of carbonyl (C=O) groups excluding carboxylic acids is 1. The minimum Gasteiger partial charge on any atom is -0.341 e. The molecule has 2 aromatic rings. The molecule has 1 aliphatic rings. The van der Waals surface area contributed by atoms with E-state index in [1.165, 1.54) is 19.3 Å². The number of amides is 1. The van der Waals surface area contributed by atoms with E-state index in [4.69, 9.17) is 0 Å². The molecule has 0 aliphatic carbocycles. The zero-order valence-corrected chi connectivity index (χ0v) is 14.4. The van der Waals surface area contributed by atoms with Crippen LogP contribution in [0, 0.1) is 6.92 Å². The number of carbonyl (C=O) groups is 1. The van der Waals surface area contributed by atoms with Gasteiger partial charge in [-0.3, -0.25) is 4.79 Å². The van der Waals surface area contributed by atoms with Crippen LogP contribution in [0.2, 0.25) is 0 Å². The monoisotopic (exact) mass is 324 g/mol. The molecule has 5 nitrogen and oxygen atoms in total. The van der Waals surface area contributed by atoms with Crippen molar-refractivity contribution in [1.29, 1.82) is 0 Å². The van der Waals surface area contributed by atoms with Gasteiger partial charge in [-0.2, -0.15) is 0 Å². The van der Waals surface area contributed by atoms with Crippen LogP contribution >= 0.6 is 0 Å². The van der Waals surface area contributed by atoms with E-state index in [9.17, 15) is 4.79 Å². The minimum atomic E-state index is -0.0618. The molecule has 0 unspecified atom stereocenters. The third-order valence-electron chi connectivity index (χ3n) is 4.40. The first-order valence-corrected chi connectivity index (χ1v) is 8.64. The van der Waals surface area contributed by atoms with E-state index in [-0.39, 0.29) is 5.91 Å². The van der Waals surface area contributed by atoms with Gasteiger partial charge in [0.1, 0.15) is 0 Å². The lowest BCUT2D eigenvalue weighted by molar-refractivity contribution is 0.0987. The second-order valence-electron chi connectivity index (χ2n) is 6.21. The highest BCUT2D eigenvalue weighted by Crippen LogP contribution is 2.19. The van der Waals surface area contributed by atoms with Crippen molar-refractivity contribution in [2.45, 2.75) is 33.1 Å². The molecule has 0 bridgehead atoms. The molecule has 1 saturated heterocycles. The van der Waals surface area contributed by atoms with Gasteiger partial charge < -0.3 is 9.80 Å². The van der Waals surface area contributed by atoms with Crippen LogP contribution in [0.15, 0.2) is 36.7 Å². The lowest BCUT2D eigenvalue weighted by atomic mass is 10.1. The lowest BCUT2D eigenvalue weighted by Gasteiger charge is -2.26. The topological polar surface area (TPSA) is 49.3 Å². The smallest absolute Gasteiger partial charge is 0.261 e. The van der Waals surface area contributed by atoms with Gasteiger partial charge in [0.05, 0.1) is 5.56 Å². The van der Waals surface area contributed by atoms with Gasteiger partial charge in [0.25, 0.3) is 5.91 Å². The second kappa shape index (κ2) is 7.43. The quantitative estimate of drug-likeness (QED) is 0.864. The molecule has 0 spiro atoms. The molecule has 1 aromatic carbocycles. The van der Waals surface area contributed by atoms with Crippen LogP contribution in [0.25, 0.3) is 0 Å². The number of aryl methyl sites for hydroxylation is 1. The summed E-state index contributed by atoms with van der Waals surface area (Å²) in [4.78, 5) is 25.6. The number of anilines is 2. The van der Waals surface area contributed by atoms with Gasteiger partial charge in [-0.25, -0.2) is 9.97 Å². The Morgan fingerprint density at radius 3 is 2.50 bits per heavy atom. The van der Waals surface area contributed by atoms with Crippen LogP contribution in [0.5, 0.6) is 0 Å². The van der Waals surface area contributed by atoms with Crippen molar-refractivity contribution in [2.24, 2.45) is 0 Å². The van der Waals surface area contributed by atoms with Gasteiger partial charge in [-0.15, -0.1) is 0 Å². The summed E-state index contributed by atoms with van der Waals surface area (Å²) in [6, 6.07) is 7.97. The zero-order valence-electron chi connectivity index (χ0n) is 14.4. The van der Waals surface area contributed by atoms with Gasteiger partial charge >= 0.3 is 0 Å². The maximum absolute atomic E-state index is 12.8. The van der Waals surface area contributed by atoms with E-state index in [1.54, 1.807) is 17.3 Å². The Balaban J connectivity index is 1.78. The number of benzene rings is 1. The van der Waals surface area contributed by atoms with E-state index < -0.39 is 0 Å². The van der Waals surface area contributed by atoms with E-state index >= 15 is 0 Å². The molecule has 24 heavy (non-hydrogen) atoms. The Kier molecular flexibility index (Phi) is 5.08. The highest BCUT2D eigenvalue weighted by atomic mass is 16.2. The van der Waals surface area contributed by atoms with Crippen molar-refractivity contribution in [3.63, 3.8) is 0 Å². The first-order chi connectivity index (χ1) is 11.7. The number of rotatable bonds is 4. The summed E-state index contributed by atoms with van der Waals surface area (Å²) in [6.07, 6.45) is 6.94. The molecular formula is C19H24N4O. The van der Waals surface area contributed by atoms with Crippen molar-refractivity contribution < 1.29 is 4.79 Å². The molecule has 0 atom stereocenters. The van der Waals surface area contributed by atoms with Crippen molar-refractivity contribution in [2.75, 3.05) is 29.4 Å². The number of hydrogen-bond donors (Lipinski definition) is 0. The molecule has 0 radical (unpaired) electrons. The third kappa shape index (κ3) is 3.55. The molecule has 1 fully saturated rings. The van der Waals surface area contributed by atoms with E-state index in [2.05, 4.69) is 14.9 Å². The summed E-state index contributed by atoms with van der Waals surface area (Å²) in [5.41, 5.74) is 2.57. The number of nitrogens with zero attached hydrogens (tertiary/aromatic N) is 4. The van der Waals surface area contributed by atoms with Crippen LogP contribution in [0.3, 0.4) is 0 Å². The van der Waals surface area contributed by atoms with Gasteiger partial charge in [0.15, 0.2) is 0 Å². The van der Waals surface area contributed by atoms with Gasteiger partial charge in [-0.05, 0) is 50.8 Å². The Labute approximate surface area is 143 Å². The summed E-state index contributed by atoms with van der Waals surface area (Å²) in [7, 11) is 0. The third-order valence-corrected chi connectivity index (χ3v) is 4.40. The van der Waals surface area contributed by atoms with E-state index in [1.807, 2.05) is 38.1 Å².